The highest BCUT2D eigenvalue weighted by atomic mass is 16.5. The number of rotatable bonds is 13. The monoisotopic (exact) mass is 470 g/mol. The lowest BCUT2D eigenvalue weighted by molar-refractivity contribution is 0.0979. The van der Waals surface area contributed by atoms with E-state index in [-0.39, 0.29) is 0 Å². The smallest absolute Gasteiger partial charge is 0.131 e. The van der Waals surface area contributed by atoms with E-state index >= 15 is 0 Å². The fourth-order valence-corrected chi connectivity index (χ4v) is 4.01. The zero-order chi connectivity index (χ0) is 24.3. The Hall–Kier alpha value is -3.80. The van der Waals surface area contributed by atoms with Gasteiger partial charge in [0.1, 0.15) is 12.4 Å². The van der Waals surface area contributed by atoms with E-state index in [0.29, 0.717) is 26.2 Å². The average molecular weight is 471 g/mol. The number of nitrogens with zero attached hydrogens (tertiary/aromatic N) is 4. The van der Waals surface area contributed by atoms with Crippen LogP contribution in [0.3, 0.4) is 0 Å². The van der Waals surface area contributed by atoms with Crippen LogP contribution in [0.15, 0.2) is 55.0 Å². The summed E-state index contributed by atoms with van der Waals surface area (Å²) < 4.78 is 11.8. The van der Waals surface area contributed by atoms with Crippen LogP contribution in [0.25, 0.3) is 22.0 Å². The number of aromatic nitrogens is 4. The first-order valence-electron chi connectivity index (χ1n) is 11.8. The van der Waals surface area contributed by atoms with E-state index in [2.05, 4.69) is 56.9 Å². The molecule has 0 aliphatic carbocycles. The zero-order valence-corrected chi connectivity index (χ0v) is 20.0. The molecule has 180 valence electrons. The highest BCUT2D eigenvalue weighted by Gasteiger charge is 2.09. The number of benzene rings is 2. The van der Waals surface area contributed by atoms with Crippen molar-refractivity contribution in [1.29, 1.82) is 5.26 Å². The van der Waals surface area contributed by atoms with Crippen molar-refractivity contribution in [1.82, 2.24) is 25.7 Å². The molecule has 0 spiro atoms. The first kappa shape index (κ1) is 24.3. The molecule has 4 aromatic rings. The summed E-state index contributed by atoms with van der Waals surface area (Å²) in [5, 5.41) is 28.3. The van der Waals surface area contributed by atoms with Gasteiger partial charge in [-0.3, -0.25) is 5.10 Å². The standard InChI is InChI=1S/C27H30N6O2/c1-20-12-21(4-6-28)14-22(13-20)17-29-7-2-3-9-34-10-11-35-27-16-24(23-5-8-30-31-18-23)15-26-25(27)19-32-33-26/h5,8,12-16,18-19,29H,2-4,7,9-11,17H2,1H3,(H,32,33). The topological polar surface area (TPSA) is 109 Å². The SMILES string of the molecule is Cc1cc(CC#N)cc(CNCCCCOCCOc2cc(-c3ccnnc3)cc3[nH]ncc23)c1. The predicted octanol–water partition coefficient (Wildman–Crippen LogP) is 4.36. The van der Waals surface area contributed by atoms with Gasteiger partial charge in [-0.15, -0.1) is 0 Å². The number of fused-ring (bicyclic) bond motifs is 1. The van der Waals surface area contributed by atoms with Gasteiger partial charge in [0, 0.05) is 18.7 Å². The van der Waals surface area contributed by atoms with Crippen molar-refractivity contribution >= 4 is 10.9 Å². The molecule has 0 atom stereocenters. The molecule has 8 heteroatoms. The number of nitrogens with one attached hydrogen (secondary N) is 2. The van der Waals surface area contributed by atoms with Crippen LogP contribution >= 0.6 is 0 Å². The molecular weight excluding hydrogens is 440 g/mol. The Kier molecular flexibility index (Phi) is 8.76. The number of unbranched alkanes of at least 4 members (excludes halogenated alkanes) is 1. The van der Waals surface area contributed by atoms with E-state index in [1.807, 2.05) is 18.2 Å². The second kappa shape index (κ2) is 12.6. The van der Waals surface area contributed by atoms with E-state index in [1.54, 1.807) is 18.6 Å². The molecule has 8 nitrogen and oxygen atoms in total. The minimum Gasteiger partial charge on any atom is -0.490 e. The van der Waals surface area contributed by atoms with Gasteiger partial charge in [-0.25, -0.2) is 0 Å². The molecule has 0 saturated carbocycles. The quantitative estimate of drug-likeness (QED) is 0.279. The molecule has 4 rings (SSSR count). The van der Waals surface area contributed by atoms with Crippen molar-refractivity contribution in [3.8, 4) is 22.9 Å². The summed E-state index contributed by atoms with van der Waals surface area (Å²) in [4.78, 5) is 0. The van der Waals surface area contributed by atoms with Gasteiger partial charge in [-0.1, -0.05) is 23.8 Å². The number of aromatic amines is 1. The van der Waals surface area contributed by atoms with Gasteiger partial charge < -0.3 is 14.8 Å². The van der Waals surface area contributed by atoms with Crippen LogP contribution in [0, 0.1) is 18.3 Å². The van der Waals surface area contributed by atoms with Crippen molar-refractivity contribution in [2.75, 3.05) is 26.4 Å². The first-order valence-corrected chi connectivity index (χ1v) is 11.8. The Morgan fingerprint density at radius 2 is 1.89 bits per heavy atom. The van der Waals surface area contributed by atoms with Gasteiger partial charge in [0.2, 0.25) is 0 Å². The molecule has 2 aromatic heterocycles. The van der Waals surface area contributed by atoms with Crippen molar-refractivity contribution in [3.63, 3.8) is 0 Å². The maximum atomic E-state index is 8.90. The number of ether oxygens (including phenoxy) is 2. The molecule has 0 unspecified atom stereocenters. The van der Waals surface area contributed by atoms with E-state index in [1.165, 1.54) is 11.1 Å². The van der Waals surface area contributed by atoms with Crippen LogP contribution in [-0.2, 0) is 17.7 Å². The van der Waals surface area contributed by atoms with Gasteiger partial charge in [0.05, 0.1) is 48.6 Å². The Morgan fingerprint density at radius 1 is 0.971 bits per heavy atom. The molecule has 0 saturated heterocycles. The summed E-state index contributed by atoms with van der Waals surface area (Å²) in [5.41, 5.74) is 6.37. The molecule has 0 aliphatic heterocycles. The van der Waals surface area contributed by atoms with E-state index in [4.69, 9.17) is 14.7 Å². The lowest BCUT2D eigenvalue weighted by Crippen LogP contribution is -2.16. The molecule has 35 heavy (non-hydrogen) atoms. The van der Waals surface area contributed by atoms with Crippen LogP contribution in [0.5, 0.6) is 5.75 Å². The third-order valence-electron chi connectivity index (χ3n) is 5.62. The zero-order valence-electron chi connectivity index (χ0n) is 20.0. The number of aryl methyl sites for hydroxylation is 1. The third-order valence-corrected chi connectivity index (χ3v) is 5.62. The molecule has 2 heterocycles. The van der Waals surface area contributed by atoms with Crippen molar-refractivity contribution in [3.05, 3.63) is 71.7 Å². The van der Waals surface area contributed by atoms with Crippen LogP contribution in [0.1, 0.15) is 29.5 Å². The van der Waals surface area contributed by atoms with Gasteiger partial charge in [0.15, 0.2) is 0 Å². The Bertz CT molecular complexity index is 1270. The fourth-order valence-electron chi connectivity index (χ4n) is 4.01. The molecule has 0 fully saturated rings. The van der Waals surface area contributed by atoms with E-state index < -0.39 is 0 Å². The number of hydrogen-bond acceptors (Lipinski definition) is 7. The van der Waals surface area contributed by atoms with Gasteiger partial charge in [-0.05, 0) is 61.2 Å². The summed E-state index contributed by atoms with van der Waals surface area (Å²) in [6.07, 6.45) is 7.65. The van der Waals surface area contributed by atoms with Crippen LogP contribution in [0.4, 0.5) is 0 Å². The van der Waals surface area contributed by atoms with Crippen molar-refractivity contribution in [2.45, 2.75) is 32.7 Å². The molecule has 0 bridgehead atoms. The summed E-state index contributed by atoms with van der Waals surface area (Å²) >= 11 is 0. The Balaban J connectivity index is 1.14. The maximum absolute atomic E-state index is 8.90. The van der Waals surface area contributed by atoms with Gasteiger partial charge in [-0.2, -0.15) is 20.6 Å². The lowest BCUT2D eigenvalue weighted by atomic mass is 10.0. The molecule has 0 radical (unpaired) electrons. The predicted molar refractivity (Wildman–Crippen MR) is 135 cm³/mol. The summed E-state index contributed by atoms with van der Waals surface area (Å²) in [7, 11) is 0. The number of H-pyrrole nitrogens is 1. The van der Waals surface area contributed by atoms with Crippen molar-refractivity contribution < 1.29 is 9.47 Å². The summed E-state index contributed by atoms with van der Waals surface area (Å²) in [6, 6.07) is 14.5. The van der Waals surface area contributed by atoms with E-state index in [9.17, 15) is 0 Å². The normalized spacial score (nSPS) is 11.0. The lowest BCUT2D eigenvalue weighted by Gasteiger charge is -2.11. The molecule has 0 aliphatic rings. The largest absolute Gasteiger partial charge is 0.490 e. The second-order valence-corrected chi connectivity index (χ2v) is 8.44. The Labute approximate surface area is 205 Å². The average Bonchev–Trinajstić information content (AvgIpc) is 3.34. The summed E-state index contributed by atoms with van der Waals surface area (Å²) in [5.74, 6) is 0.768. The summed E-state index contributed by atoms with van der Waals surface area (Å²) in [6.45, 7) is 5.50. The minimum absolute atomic E-state index is 0.455. The minimum atomic E-state index is 0.455. The maximum Gasteiger partial charge on any atom is 0.131 e. The molecular formula is C27H30N6O2. The van der Waals surface area contributed by atoms with E-state index in [0.717, 1.165) is 59.3 Å². The fraction of sp³-hybridized carbons (Fsp3) is 0.333. The number of hydrogen-bond donors (Lipinski definition) is 2. The molecule has 2 aromatic carbocycles. The first-order chi connectivity index (χ1) is 17.2. The third kappa shape index (κ3) is 7.09. The van der Waals surface area contributed by atoms with Crippen LogP contribution in [0.2, 0.25) is 0 Å². The highest BCUT2D eigenvalue weighted by Crippen LogP contribution is 2.31. The molecule has 0 amide bonds. The van der Waals surface area contributed by atoms with Crippen LogP contribution < -0.4 is 10.1 Å². The highest BCUT2D eigenvalue weighted by molar-refractivity contribution is 5.89. The Morgan fingerprint density at radius 3 is 2.74 bits per heavy atom. The van der Waals surface area contributed by atoms with Crippen LogP contribution in [-0.4, -0.2) is 46.8 Å². The van der Waals surface area contributed by atoms with Gasteiger partial charge >= 0.3 is 0 Å². The van der Waals surface area contributed by atoms with Crippen molar-refractivity contribution in [2.24, 2.45) is 0 Å². The number of nitriles is 1. The second-order valence-electron chi connectivity index (χ2n) is 8.44. The molecule has 2 N–H and O–H groups in total. The van der Waals surface area contributed by atoms with Gasteiger partial charge in [0.25, 0.3) is 0 Å².